The quantitative estimate of drug-likeness (QED) is 0.745. The molecule has 26 heavy (non-hydrogen) atoms. The molecule has 2 fully saturated rings. The SMILES string of the molecule is Cc1ccc(C(C)CCN2CCC(CCC(=O)N3CCOCC3)CC2)o1. The van der Waals surface area contributed by atoms with Gasteiger partial charge in [0.1, 0.15) is 11.5 Å². The highest BCUT2D eigenvalue weighted by atomic mass is 16.5. The van der Waals surface area contributed by atoms with Gasteiger partial charge in [0.05, 0.1) is 13.2 Å². The van der Waals surface area contributed by atoms with Crippen molar-refractivity contribution in [3.63, 3.8) is 0 Å². The second kappa shape index (κ2) is 9.56. The summed E-state index contributed by atoms with van der Waals surface area (Å²) in [5.74, 6) is 3.62. The Bertz CT molecular complexity index is 557. The number of ether oxygens (including phenoxy) is 1. The van der Waals surface area contributed by atoms with E-state index in [2.05, 4.69) is 24.0 Å². The van der Waals surface area contributed by atoms with Crippen molar-refractivity contribution in [1.29, 1.82) is 0 Å². The molecule has 146 valence electrons. The Hall–Kier alpha value is -1.33. The van der Waals surface area contributed by atoms with Gasteiger partial charge in [0.15, 0.2) is 0 Å². The molecular formula is C21H34N2O3. The van der Waals surface area contributed by atoms with Crippen molar-refractivity contribution in [2.45, 2.75) is 51.9 Å². The van der Waals surface area contributed by atoms with Gasteiger partial charge in [0.25, 0.3) is 0 Å². The van der Waals surface area contributed by atoms with Gasteiger partial charge in [-0.15, -0.1) is 0 Å². The third-order valence-corrected chi connectivity index (χ3v) is 5.96. The standard InChI is InChI=1S/C21H34N2O3/c1-17(20-5-3-18(2)26-20)7-10-22-11-8-19(9-12-22)4-6-21(24)23-13-15-25-16-14-23/h3,5,17,19H,4,6-16H2,1-2H3. The fourth-order valence-corrected chi connectivity index (χ4v) is 4.03. The number of amides is 1. The van der Waals surface area contributed by atoms with Crippen LogP contribution in [0.25, 0.3) is 0 Å². The number of aryl methyl sites for hydroxylation is 1. The second-order valence-corrected chi connectivity index (χ2v) is 7.95. The first-order chi connectivity index (χ1) is 12.6. The molecule has 0 aliphatic carbocycles. The normalized spacial score (nSPS) is 21.1. The van der Waals surface area contributed by atoms with Crippen LogP contribution < -0.4 is 0 Å². The van der Waals surface area contributed by atoms with Crippen LogP contribution in [0.3, 0.4) is 0 Å². The van der Waals surface area contributed by atoms with Crippen LogP contribution in [0.4, 0.5) is 0 Å². The van der Waals surface area contributed by atoms with Crippen LogP contribution in [-0.4, -0.2) is 61.6 Å². The van der Waals surface area contributed by atoms with E-state index in [1.165, 1.54) is 25.9 Å². The van der Waals surface area contributed by atoms with Crippen molar-refractivity contribution in [1.82, 2.24) is 9.80 Å². The molecule has 1 amide bonds. The van der Waals surface area contributed by atoms with Crippen LogP contribution in [0.2, 0.25) is 0 Å². The number of piperidine rings is 1. The number of carbonyl (C=O) groups is 1. The zero-order chi connectivity index (χ0) is 18.4. The third-order valence-electron chi connectivity index (χ3n) is 5.96. The van der Waals surface area contributed by atoms with Crippen molar-refractivity contribution in [2.75, 3.05) is 45.9 Å². The molecule has 5 nitrogen and oxygen atoms in total. The fourth-order valence-electron chi connectivity index (χ4n) is 4.03. The van der Waals surface area contributed by atoms with Crippen molar-refractivity contribution in [3.8, 4) is 0 Å². The van der Waals surface area contributed by atoms with E-state index < -0.39 is 0 Å². The average Bonchev–Trinajstić information content (AvgIpc) is 3.12. The molecule has 0 spiro atoms. The molecule has 3 heterocycles. The maximum absolute atomic E-state index is 12.3. The zero-order valence-electron chi connectivity index (χ0n) is 16.4. The lowest BCUT2D eigenvalue weighted by atomic mass is 9.91. The van der Waals surface area contributed by atoms with Crippen LogP contribution >= 0.6 is 0 Å². The molecule has 2 aliphatic rings. The van der Waals surface area contributed by atoms with Crippen molar-refractivity contribution in [2.24, 2.45) is 5.92 Å². The Morgan fingerprint density at radius 2 is 1.92 bits per heavy atom. The van der Waals surface area contributed by atoms with Crippen molar-refractivity contribution < 1.29 is 13.9 Å². The lowest BCUT2D eigenvalue weighted by molar-refractivity contribution is -0.135. The Balaban J connectivity index is 1.30. The number of likely N-dealkylation sites (tertiary alicyclic amines) is 1. The molecule has 2 aliphatic heterocycles. The highest BCUT2D eigenvalue weighted by molar-refractivity contribution is 5.76. The minimum atomic E-state index is 0.318. The van der Waals surface area contributed by atoms with Crippen LogP contribution in [-0.2, 0) is 9.53 Å². The fraction of sp³-hybridized carbons (Fsp3) is 0.762. The first-order valence-electron chi connectivity index (χ1n) is 10.3. The third kappa shape index (κ3) is 5.58. The number of carbonyl (C=O) groups excluding carboxylic acids is 1. The summed E-state index contributed by atoms with van der Waals surface area (Å²) in [6, 6.07) is 4.16. The van der Waals surface area contributed by atoms with Crippen LogP contribution in [0, 0.1) is 12.8 Å². The molecule has 0 saturated carbocycles. The van der Waals surface area contributed by atoms with Gasteiger partial charge in [-0.05, 0) is 70.3 Å². The summed E-state index contributed by atoms with van der Waals surface area (Å²) in [7, 11) is 0. The molecule has 1 unspecified atom stereocenters. The summed E-state index contributed by atoms with van der Waals surface area (Å²) in [4.78, 5) is 16.8. The molecule has 5 heteroatoms. The van der Waals surface area contributed by atoms with E-state index in [1.807, 2.05) is 11.8 Å². The van der Waals surface area contributed by atoms with Gasteiger partial charge in [-0.2, -0.15) is 0 Å². The summed E-state index contributed by atoms with van der Waals surface area (Å²) >= 11 is 0. The van der Waals surface area contributed by atoms with E-state index in [4.69, 9.17) is 9.15 Å². The summed E-state index contributed by atoms with van der Waals surface area (Å²) in [5.41, 5.74) is 0. The van der Waals surface area contributed by atoms with Crippen LogP contribution in [0.5, 0.6) is 0 Å². The average molecular weight is 363 g/mol. The van der Waals surface area contributed by atoms with Gasteiger partial charge < -0.3 is 19.0 Å². The summed E-state index contributed by atoms with van der Waals surface area (Å²) in [5, 5.41) is 0. The van der Waals surface area contributed by atoms with Crippen molar-refractivity contribution in [3.05, 3.63) is 23.7 Å². The monoisotopic (exact) mass is 362 g/mol. The summed E-state index contributed by atoms with van der Waals surface area (Å²) in [6.45, 7) is 10.7. The number of furan rings is 1. The van der Waals surface area contributed by atoms with E-state index >= 15 is 0 Å². The van der Waals surface area contributed by atoms with Gasteiger partial charge in [-0.25, -0.2) is 0 Å². The lowest BCUT2D eigenvalue weighted by Gasteiger charge is -2.33. The Morgan fingerprint density at radius 1 is 1.19 bits per heavy atom. The van der Waals surface area contributed by atoms with E-state index in [1.54, 1.807) is 0 Å². The predicted octanol–water partition coefficient (Wildman–Crippen LogP) is 3.43. The summed E-state index contributed by atoms with van der Waals surface area (Å²) < 4.78 is 11.1. The Labute approximate surface area is 157 Å². The molecule has 2 saturated heterocycles. The summed E-state index contributed by atoms with van der Waals surface area (Å²) in [6.07, 6.45) is 5.36. The Morgan fingerprint density at radius 3 is 2.58 bits per heavy atom. The van der Waals surface area contributed by atoms with Gasteiger partial charge in [-0.1, -0.05) is 6.92 Å². The highest BCUT2D eigenvalue weighted by Crippen LogP contribution is 2.25. The number of hydrogen-bond acceptors (Lipinski definition) is 4. The van der Waals surface area contributed by atoms with Gasteiger partial charge in [-0.3, -0.25) is 4.79 Å². The largest absolute Gasteiger partial charge is 0.466 e. The minimum Gasteiger partial charge on any atom is -0.466 e. The maximum Gasteiger partial charge on any atom is 0.222 e. The van der Waals surface area contributed by atoms with Crippen LogP contribution in [0.1, 0.15) is 56.5 Å². The second-order valence-electron chi connectivity index (χ2n) is 7.95. The molecule has 0 bridgehead atoms. The maximum atomic E-state index is 12.3. The topological polar surface area (TPSA) is 45.9 Å². The molecule has 0 radical (unpaired) electrons. The minimum absolute atomic E-state index is 0.318. The highest BCUT2D eigenvalue weighted by Gasteiger charge is 2.22. The first kappa shape index (κ1) is 19.4. The van der Waals surface area contributed by atoms with E-state index in [-0.39, 0.29) is 0 Å². The van der Waals surface area contributed by atoms with Gasteiger partial charge >= 0.3 is 0 Å². The van der Waals surface area contributed by atoms with Gasteiger partial charge in [0.2, 0.25) is 5.91 Å². The first-order valence-corrected chi connectivity index (χ1v) is 10.3. The number of hydrogen-bond donors (Lipinski definition) is 0. The van der Waals surface area contributed by atoms with Crippen molar-refractivity contribution >= 4 is 5.91 Å². The Kier molecular flexibility index (Phi) is 7.15. The number of morpholine rings is 1. The predicted molar refractivity (Wildman–Crippen MR) is 102 cm³/mol. The van der Waals surface area contributed by atoms with Crippen LogP contribution in [0.15, 0.2) is 16.5 Å². The molecule has 0 N–H and O–H groups in total. The van der Waals surface area contributed by atoms with E-state index in [9.17, 15) is 4.79 Å². The molecule has 1 aromatic heterocycles. The van der Waals surface area contributed by atoms with E-state index in [0.29, 0.717) is 37.4 Å². The van der Waals surface area contributed by atoms with E-state index in [0.717, 1.165) is 44.0 Å². The number of nitrogens with zero attached hydrogens (tertiary/aromatic N) is 2. The van der Waals surface area contributed by atoms with Gasteiger partial charge in [0, 0.05) is 25.4 Å². The molecule has 3 rings (SSSR count). The number of rotatable bonds is 7. The molecule has 1 atom stereocenters. The smallest absolute Gasteiger partial charge is 0.222 e. The molecular weight excluding hydrogens is 328 g/mol. The molecule has 1 aromatic rings. The zero-order valence-corrected chi connectivity index (χ0v) is 16.4. The lowest BCUT2D eigenvalue weighted by Crippen LogP contribution is -2.41. The molecule has 0 aromatic carbocycles.